The lowest BCUT2D eigenvalue weighted by molar-refractivity contribution is 0.426. The summed E-state index contributed by atoms with van der Waals surface area (Å²) >= 11 is 0. The molecular formula is C14H18N2O. The zero-order chi connectivity index (χ0) is 12.1. The van der Waals surface area contributed by atoms with Crippen molar-refractivity contribution in [3.05, 3.63) is 36.0 Å². The van der Waals surface area contributed by atoms with E-state index in [0.29, 0.717) is 5.88 Å². The van der Waals surface area contributed by atoms with E-state index in [4.69, 9.17) is 10.3 Å². The Bertz CT molecular complexity index is 462. The Balaban J connectivity index is 2.24. The molecule has 0 radical (unpaired) electrons. The number of nitrogens with zero attached hydrogens (tertiary/aromatic N) is 1. The van der Waals surface area contributed by atoms with Gasteiger partial charge in [0.15, 0.2) is 0 Å². The predicted molar refractivity (Wildman–Crippen MR) is 69.6 cm³/mol. The minimum Gasteiger partial charge on any atom is -0.367 e. The summed E-state index contributed by atoms with van der Waals surface area (Å²) in [5.41, 5.74) is 8.86. The maximum Gasteiger partial charge on any atom is 0.230 e. The van der Waals surface area contributed by atoms with Crippen LogP contribution in [0.1, 0.15) is 31.9 Å². The molecule has 0 amide bonds. The smallest absolute Gasteiger partial charge is 0.230 e. The fourth-order valence-electron chi connectivity index (χ4n) is 1.96. The van der Waals surface area contributed by atoms with Crippen LogP contribution in [-0.4, -0.2) is 5.16 Å². The Morgan fingerprint density at radius 2 is 1.94 bits per heavy atom. The summed E-state index contributed by atoms with van der Waals surface area (Å²) in [7, 11) is 0. The van der Waals surface area contributed by atoms with E-state index < -0.39 is 0 Å². The molecule has 1 heterocycles. The molecule has 0 atom stereocenters. The first-order valence-electron chi connectivity index (χ1n) is 6.12. The van der Waals surface area contributed by atoms with Crippen molar-refractivity contribution in [1.82, 2.24) is 5.16 Å². The number of hydrogen-bond acceptors (Lipinski definition) is 3. The van der Waals surface area contributed by atoms with Crippen molar-refractivity contribution in [1.29, 1.82) is 0 Å². The van der Waals surface area contributed by atoms with Gasteiger partial charge in [0.1, 0.15) is 0 Å². The zero-order valence-electron chi connectivity index (χ0n) is 10.1. The van der Waals surface area contributed by atoms with Crippen molar-refractivity contribution in [3.8, 4) is 11.1 Å². The fraction of sp³-hybridized carbons (Fsp3) is 0.357. The van der Waals surface area contributed by atoms with Gasteiger partial charge in [-0.15, -0.1) is 0 Å². The molecule has 1 aromatic carbocycles. The zero-order valence-corrected chi connectivity index (χ0v) is 10.1. The Morgan fingerprint density at radius 3 is 2.65 bits per heavy atom. The van der Waals surface area contributed by atoms with Gasteiger partial charge in [-0.1, -0.05) is 55.3 Å². The highest BCUT2D eigenvalue weighted by molar-refractivity contribution is 5.74. The third kappa shape index (κ3) is 2.67. The summed E-state index contributed by atoms with van der Waals surface area (Å²) in [4.78, 5) is 0. The molecule has 0 fully saturated rings. The molecule has 0 saturated carbocycles. The van der Waals surface area contributed by atoms with E-state index in [1.807, 2.05) is 30.3 Å². The van der Waals surface area contributed by atoms with Gasteiger partial charge in [0, 0.05) is 0 Å². The molecule has 1 aromatic heterocycles. The maximum absolute atomic E-state index is 5.85. The summed E-state index contributed by atoms with van der Waals surface area (Å²) in [5.74, 6) is 0.419. The quantitative estimate of drug-likeness (QED) is 0.797. The van der Waals surface area contributed by atoms with E-state index in [1.54, 1.807) is 0 Å². The Labute approximate surface area is 102 Å². The first-order valence-corrected chi connectivity index (χ1v) is 6.12. The first-order chi connectivity index (χ1) is 8.33. The third-order valence-electron chi connectivity index (χ3n) is 2.87. The lowest BCUT2D eigenvalue weighted by Gasteiger charge is -2.01. The Kier molecular flexibility index (Phi) is 3.81. The van der Waals surface area contributed by atoms with E-state index in [1.165, 1.54) is 12.8 Å². The molecule has 0 aliphatic heterocycles. The molecule has 0 spiro atoms. The number of anilines is 1. The van der Waals surface area contributed by atoms with E-state index in [0.717, 1.165) is 29.7 Å². The van der Waals surface area contributed by atoms with Gasteiger partial charge in [-0.2, -0.15) is 0 Å². The van der Waals surface area contributed by atoms with Crippen molar-refractivity contribution in [3.63, 3.8) is 0 Å². The molecule has 0 saturated heterocycles. The van der Waals surface area contributed by atoms with Gasteiger partial charge >= 0.3 is 0 Å². The van der Waals surface area contributed by atoms with Crippen LogP contribution >= 0.6 is 0 Å². The highest BCUT2D eigenvalue weighted by Crippen LogP contribution is 2.30. The van der Waals surface area contributed by atoms with Crippen molar-refractivity contribution in [2.75, 3.05) is 5.73 Å². The van der Waals surface area contributed by atoms with Gasteiger partial charge in [0.2, 0.25) is 5.88 Å². The lowest BCUT2D eigenvalue weighted by Crippen LogP contribution is -1.91. The molecule has 0 bridgehead atoms. The van der Waals surface area contributed by atoms with Crippen LogP contribution < -0.4 is 5.73 Å². The minimum atomic E-state index is 0.419. The maximum atomic E-state index is 5.85. The number of hydrogen-bond donors (Lipinski definition) is 1. The molecule has 2 N–H and O–H groups in total. The van der Waals surface area contributed by atoms with Gasteiger partial charge in [-0.05, 0) is 18.4 Å². The standard InChI is InChI=1S/C14H18N2O/c1-2-3-5-10-12-13(14(15)17-16-12)11-8-6-4-7-9-11/h4,6-9H,2-3,5,10,15H2,1H3. The van der Waals surface area contributed by atoms with Gasteiger partial charge in [-0.3, -0.25) is 0 Å². The molecule has 0 unspecified atom stereocenters. The second kappa shape index (κ2) is 5.53. The SMILES string of the molecule is CCCCCc1noc(N)c1-c1ccccc1. The summed E-state index contributed by atoms with van der Waals surface area (Å²) < 4.78 is 5.11. The van der Waals surface area contributed by atoms with Gasteiger partial charge in [-0.25, -0.2) is 0 Å². The number of aromatic nitrogens is 1. The first kappa shape index (κ1) is 11.7. The lowest BCUT2D eigenvalue weighted by atomic mass is 10.0. The number of rotatable bonds is 5. The van der Waals surface area contributed by atoms with E-state index in [2.05, 4.69) is 12.1 Å². The van der Waals surface area contributed by atoms with Crippen LogP contribution in [0.4, 0.5) is 5.88 Å². The van der Waals surface area contributed by atoms with Crippen molar-refractivity contribution in [2.24, 2.45) is 0 Å². The largest absolute Gasteiger partial charge is 0.367 e. The molecular weight excluding hydrogens is 212 g/mol. The number of unbranched alkanes of at least 4 members (excludes halogenated alkanes) is 2. The van der Waals surface area contributed by atoms with Crippen LogP contribution in [0, 0.1) is 0 Å². The van der Waals surface area contributed by atoms with Crippen LogP contribution in [0.15, 0.2) is 34.9 Å². The molecule has 0 aliphatic carbocycles. The predicted octanol–water partition coefficient (Wildman–Crippen LogP) is 3.66. The van der Waals surface area contributed by atoms with Crippen molar-refractivity contribution in [2.45, 2.75) is 32.6 Å². The van der Waals surface area contributed by atoms with E-state index >= 15 is 0 Å². The van der Waals surface area contributed by atoms with Crippen LogP contribution in [0.3, 0.4) is 0 Å². The summed E-state index contributed by atoms with van der Waals surface area (Å²) in [6.07, 6.45) is 4.47. The van der Waals surface area contributed by atoms with Crippen molar-refractivity contribution < 1.29 is 4.52 Å². The average molecular weight is 230 g/mol. The summed E-state index contributed by atoms with van der Waals surface area (Å²) in [6.45, 7) is 2.19. The number of aryl methyl sites for hydroxylation is 1. The minimum absolute atomic E-state index is 0.419. The fourth-order valence-corrected chi connectivity index (χ4v) is 1.96. The highest BCUT2D eigenvalue weighted by Gasteiger charge is 2.14. The second-order valence-corrected chi connectivity index (χ2v) is 4.19. The van der Waals surface area contributed by atoms with E-state index in [-0.39, 0.29) is 0 Å². The molecule has 90 valence electrons. The van der Waals surface area contributed by atoms with Gasteiger partial charge in [0.05, 0.1) is 11.3 Å². The van der Waals surface area contributed by atoms with E-state index in [9.17, 15) is 0 Å². The van der Waals surface area contributed by atoms with Crippen LogP contribution in [-0.2, 0) is 6.42 Å². The highest BCUT2D eigenvalue weighted by atomic mass is 16.5. The molecule has 3 nitrogen and oxygen atoms in total. The molecule has 2 aromatic rings. The topological polar surface area (TPSA) is 52.0 Å². The molecule has 17 heavy (non-hydrogen) atoms. The summed E-state index contributed by atoms with van der Waals surface area (Å²) in [5, 5.41) is 4.06. The normalized spacial score (nSPS) is 10.6. The Hall–Kier alpha value is -1.77. The second-order valence-electron chi connectivity index (χ2n) is 4.19. The van der Waals surface area contributed by atoms with Gasteiger partial charge in [0.25, 0.3) is 0 Å². The third-order valence-corrected chi connectivity index (χ3v) is 2.87. The molecule has 0 aliphatic rings. The molecule has 3 heteroatoms. The Morgan fingerprint density at radius 1 is 1.18 bits per heavy atom. The monoisotopic (exact) mass is 230 g/mol. The van der Waals surface area contributed by atoms with Crippen LogP contribution in [0.5, 0.6) is 0 Å². The summed E-state index contributed by atoms with van der Waals surface area (Å²) in [6, 6.07) is 10.1. The number of nitrogens with two attached hydrogens (primary N) is 1. The average Bonchev–Trinajstić information content (AvgIpc) is 2.72. The molecule has 2 rings (SSSR count). The van der Waals surface area contributed by atoms with Crippen LogP contribution in [0.2, 0.25) is 0 Å². The number of benzene rings is 1. The van der Waals surface area contributed by atoms with Crippen LogP contribution in [0.25, 0.3) is 11.1 Å². The van der Waals surface area contributed by atoms with Gasteiger partial charge < -0.3 is 10.3 Å². The van der Waals surface area contributed by atoms with Crippen molar-refractivity contribution >= 4 is 5.88 Å². The number of nitrogen functional groups attached to an aromatic ring is 1.